The summed E-state index contributed by atoms with van der Waals surface area (Å²) < 4.78 is 4.76. The van der Waals surface area contributed by atoms with Gasteiger partial charge in [-0.1, -0.05) is 18.2 Å². The molecule has 16 heavy (non-hydrogen) atoms. The molecule has 1 aromatic rings. The van der Waals surface area contributed by atoms with E-state index in [9.17, 15) is 9.59 Å². The number of nitrogens with two attached hydrogens (primary N) is 1. The molecule has 0 aromatic heterocycles. The lowest BCUT2D eigenvalue weighted by Crippen LogP contribution is -2.40. The van der Waals surface area contributed by atoms with E-state index in [0.29, 0.717) is 5.69 Å². The molecule has 0 spiro atoms. The fraction of sp³-hybridized carbons (Fsp3) is 0.273. The molecule has 2 amide bonds. The highest BCUT2D eigenvalue weighted by molar-refractivity contribution is 5.95. The Morgan fingerprint density at radius 2 is 1.94 bits per heavy atom. The first kappa shape index (κ1) is 12.0. The molecule has 0 fully saturated rings. The van der Waals surface area contributed by atoms with E-state index < -0.39 is 12.0 Å². The minimum absolute atomic E-state index is 0.173. The first-order chi connectivity index (χ1) is 7.65. The number of rotatable bonds is 4. The molecule has 0 heterocycles. The van der Waals surface area contributed by atoms with E-state index in [1.807, 2.05) is 6.07 Å². The van der Waals surface area contributed by atoms with Crippen molar-refractivity contribution in [2.24, 2.45) is 5.73 Å². The second-order valence-corrected chi connectivity index (χ2v) is 3.06. The Kier molecular flexibility index (Phi) is 4.32. The quantitative estimate of drug-likeness (QED) is 0.776. The SMILES string of the molecule is CCOC(=O)CN(C(N)=O)c1ccccc1. The van der Waals surface area contributed by atoms with Crippen molar-refractivity contribution in [2.75, 3.05) is 18.1 Å². The van der Waals surface area contributed by atoms with Crippen LogP contribution in [0.4, 0.5) is 10.5 Å². The highest BCUT2D eigenvalue weighted by Gasteiger charge is 2.16. The largest absolute Gasteiger partial charge is 0.465 e. The number of nitrogens with zero attached hydrogens (tertiary/aromatic N) is 1. The Labute approximate surface area is 93.8 Å². The van der Waals surface area contributed by atoms with Crippen molar-refractivity contribution >= 4 is 17.7 Å². The highest BCUT2D eigenvalue weighted by atomic mass is 16.5. The van der Waals surface area contributed by atoms with E-state index in [1.54, 1.807) is 31.2 Å². The Hall–Kier alpha value is -2.04. The first-order valence-electron chi connectivity index (χ1n) is 4.92. The van der Waals surface area contributed by atoms with Crippen LogP contribution in [-0.2, 0) is 9.53 Å². The number of benzene rings is 1. The maximum atomic E-state index is 11.3. The number of carbonyl (C=O) groups excluding carboxylic acids is 2. The van der Waals surface area contributed by atoms with Crippen molar-refractivity contribution in [2.45, 2.75) is 6.92 Å². The number of esters is 1. The predicted molar refractivity (Wildman–Crippen MR) is 60.0 cm³/mol. The Balaban J connectivity index is 2.77. The average molecular weight is 222 g/mol. The van der Waals surface area contributed by atoms with E-state index >= 15 is 0 Å². The number of amides is 2. The van der Waals surface area contributed by atoms with Crippen LogP contribution in [-0.4, -0.2) is 25.2 Å². The number of hydrogen-bond donors (Lipinski definition) is 1. The van der Waals surface area contributed by atoms with E-state index in [-0.39, 0.29) is 13.2 Å². The fourth-order valence-corrected chi connectivity index (χ4v) is 1.24. The van der Waals surface area contributed by atoms with Gasteiger partial charge in [-0.3, -0.25) is 9.69 Å². The molecule has 1 aromatic carbocycles. The molecule has 0 aliphatic heterocycles. The summed E-state index contributed by atoms with van der Waals surface area (Å²) in [4.78, 5) is 23.6. The van der Waals surface area contributed by atoms with Crippen molar-refractivity contribution in [3.05, 3.63) is 30.3 Å². The normalized spacial score (nSPS) is 9.56. The van der Waals surface area contributed by atoms with E-state index in [1.165, 1.54) is 0 Å². The molecular formula is C11H14N2O3. The van der Waals surface area contributed by atoms with Crippen molar-refractivity contribution in [1.82, 2.24) is 0 Å². The minimum atomic E-state index is -0.681. The van der Waals surface area contributed by atoms with Crippen LogP contribution >= 0.6 is 0 Å². The maximum Gasteiger partial charge on any atom is 0.326 e. The maximum absolute atomic E-state index is 11.3. The lowest BCUT2D eigenvalue weighted by Gasteiger charge is -2.19. The van der Waals surface area contributed by atoms with Gasteiger partial charge in [0.25, 0.3) is 0 Å². The van der Waals surface area contributed by atoms with Gasteiger partial charge in [-0.05, 0) is 19.1 Å². The molecule has 0 aliphatic carbocycles. The van der Waals surface area contributed by atoms with Crippen LogP contribution < -0.4 is 10.6 Å². The number of anilines is 1. The summed E-state index contributed by atoms with van der Waals surface area (Å²) in [5, 5.41) is 0. The molecule has 0 radical (unpaired) electrons. The summed E-state index contributed by atoms with van der Waals surface area (Å²) in [6.45, 7) is 1.81. The van der Waals surface area contributed by atoms with Crippen LogP contribution in [0.5, 0.6) is 0 Å². The van der Waals surface area contributed by atoms with Crippen LogP contribution in [0.2, 0.25) is 0 Å². The van der Waals surface area contributed by atoms with Gasteiger partial charge in [-0.2, -0.15) is 0 Å². The van der Waals surface area contributed by atoms with Gasteiger partial charge in [0.1, 0.15) is 6.54 Å². The third-order valence-corrected chi connectivity index (χ3v) is 1.93. The van der Waals surface area contributed by atoms with Gasteiger partial charge in [0, 0.05) is 5.69 Å². The predicted octanol–water partition coefficient (Wildman–Crippen LogP) is 1.13. The zero-order valence-corrected chi connectivity index (χ0v) is 9.05. The third kappa shape index (κ3) is 3.27. The standard InChI is InChI=1S/C11H14N2O3/c1-2-16-10(14)8-13(11(12)15)9-6-4-3-5-7-9/h3-7H,2,8H2,1H3,(H2,12,15). The molecular weight excluding hydrogens is 208 g/mol. The van der Waals surface area contributed by atoms with E-state index in [4.69, 9.17) is 10.5 Å². The zero-order chi connectivity index (χ0) is 12.0. The van der Waals surface area contributed by atoms with Crippen molar-refractivity contribution in [3.8, 4) is 0 Å². The lowest BCUT2D eigenvalue weighted by atomic mass is 10.3. The van der Waals surface area contributed by atoms with Crippen molar-refractivity contribution in [3.63, 3.8) is 0 Å². The number of carbonyl (C=O) groups is 2. The van der Waals surface area contributed by atoms with Gasteiger partial charge < -0.3 is 10.5 Å². The molecule has 0 saturated heterocycles. The summed E-state index contributed by atoms with van der Waals surface area (Å²) >= 11 is 0. The van der Waals surface area contributed by atoms with Crippen LogP contribution in [0.25, 0.3) is 0 Å². The minimum Gasteiger partial charge on any atom is -0.465 e. The van der Waals surface area contributed by atoms with E-state index in [0.717, 1.165) is 4.90 Å². The smallest absolute Gasteiger partial charge is 0.326 e. The Morgan fingerprint density at radius 3 is 2.44 bits per heavy atom. The van der Waals surface area contributed by atoms with Gasteiger partial charge in [0.2, 0.25) is 0 Å². The molecule has 5 heteroatoms. The summed E-state index contributed by atoms with van der Waals surface area (Å²) in [6.07, 6.45) is 0. The topological polar surface area (TPSA) is 72.6 Å². The van der Waals surface area contributed by atoms with Crippen LogP contribution in [0, 0.1) is 0 Å². The molecule has 0 aliphatic rings. The zero-order valence-electron chi connectivity index (χ0n) is 9.05. The molecule has 5 nitrogen and oxygen atoms in total. The lowest BCUT2D eigenvalue weighted by molar-refractivity contribution is -0.141. The van der Waals surface area contributed by atoms with Crippen molar-refractivity contribution in [1.29, 1.82) is 0 Å². The Morgan fingerprint density at radius 1 is 1.31 bits per heavy atom. The highest BCUT2D eigenvalue weighted by Crippen LogP contribution is 2.12. The molecule has 2 N–H and O–H groups in total. The van der Waals surface area contributed by atoms with Gasteiger partial charge in [-0.15, -0.1) is 0 Å². The fourth-order valence-electron chi connectivity index (χ4n) is 1.24. The van der Waals surface area contributed by atoms with Crippen LogP contribution in [0.15, 0.2) is 30.3 Å². The van der Waals surface area contributed by atoms with Crippen molar-refractivity contribution < 1.29 is 14.3 Å². The molecule has 1 rings (SSSR count). The molecule has 86 valence electrons. The number of primary amides is 1. The molecule has 0 unspecified atom stereocenters. The second kappa shape index (κ2) is 5.75. The summed E-state index contributed by atoms with van der Waals surface area (Å²) in [5.41, 5.74) is 5.76. The molecule has 0 bridgehead atoms. The monoisotopic (exact) mass is 222 g/mol. The number of para-hydroxylation sites is 1. The van der Waals surface area contributed by atoms with Gasteiger partial charge in [0.15, 0.2) is 0 Å². The van der Waals surface area contributed by atoms with Gasteiger partial charge in [-0.25, -0.2) is 4.79 Å². The third-order valence-electron chi connectivity index (χ3n) is 1.93. The summed E-state index contributed by atoms with van der Waals surface area (Å²) in [6, 6.07) is 8.05. The van der Waals surface area contributed by atoms with E-state index in [2.05, 4.69) is 0 Å². The Bertz CT molecular complexity index is 365. The first-order valence-corrected chi connectivity index (χ1v) is 4.92. The number of hydrogen-bond acceptors (Lipinski definition) is 3. The van der Waals surface area contributed by atoms with Gasteiger partial charge in [0.05, 0.1) is 6.61 Å². The average Bonchev–Trinajstić information content (AvgIpc) is 2.27. The molecule has 0 atom stereocenters. The molecule has 0 saturated carbocycles. The van der Waals surface area contributed by atoms with Crippen LogP contribution in [0.1, 0.15) is 6.92 Å². The van der Waals surface area contributed by atoms with Gasteiger partial charge >= 0.3 is 12.0 Å². The second-order valence-electron chi connectivity index (χ2n) is 3.06. The number of urea groups is 1. The summed E-state index contributed by atoms with van der Waals surface area (Å²) in [7, 11) is 0. The summed E-state index contributed by atoms with van der Waals surface area (Å²) in [5.74, 6) is -0.481. The number of ether oxygens (including phenoxy) is 1. The van der Waals surface area contributed by atoms with Crippen LogP contribution in [0.3, 0.4) is 0 Å².